The van der Waals surface area contributed by atoms with Gasteiger partial charge in [0.15, 0.2) is 0 Å². The Kier molecular flexibility index (Phi) is 8.33. The van der Waals surface area contributed by atoms with Crippen LogP contribution in [0.2, 0.25) is 0 Å². The van der Waals surface area contributed by atoms with Crippen molar-refractivity contribution in [3.8, 4) is 0 Å². The summed E-state index contributed by atoms with van der Waals surface area (Å²) in [6, 6.07) is 0. The van der Waals surface area contributed by atoms with Gasteiger partial charge >= 0.3 is 35.0 Å². The Labute approximate surface area is 246 Å². The molecule has 3 saturated carbocycles. The van der Waals surface area contributed by atoms with Gasteiger partial charge in [-0.2, -0.15) is 0 Å². The lowest BCUT2D eigenvalue weighted by molar-refractivity contribution is -0.147. The molecule has 14 nitrogen and oxygen atoms in total. The summed E-state index contributed by atoms with van der Waals surface area (Å²) < 4.78 is 24.3. The van der Waals surface area contributed by atoms with Gasteiger partial charge in [-0.15, -0.1) is 0 Å². The second-order valence-electron chi connectivity index (χ2n) is 12.8. The van der Waals surface area contributed by atoms with Crippen LogP contribution in [0, 0.1) is 29.6 Å². The smallest absolute Gasteiger partial charge is 0.336 e. The number of epoxide rings is 1. The molecule has 1 aromatic heterocycles. The van der Waals surface area contributed by atoms with Crippen LogP contribution in [0.4, 0.5) is 0 Å². The van der Waals surface area contributed by atoms with Crippen LogP contribution in [-0.4, -0.2) is 74.3 Å². The van der Waals surface area contributed by atoms with Crippen molar-refractivity contribution < 1.29 is 38.4 Å². The third-order valence-electron chi connectivity index (χ3n) is 10.1. The van der Waals surface area contributed by atoms with Crippen molar-refractivity contribution >= 4 is 17.9 Å². The highest BCUT2D eigenvalue weighted by Gasteiger charge is 2.63. The molecular formula is C29H39N3O11. The van der Waals surface area contributed by atoms with E-state index in [4.69, 9.17) is 18.9 Å². The summed E-state index contributed by atoms with van der Waals surface area (Å²) in [4.78, 5) is 75.0. The Morgan fingerprint density at radius 3 is 1.86 bits per heavy atom. The zero-order chi connectivity index (χ0) is 30.4. The van der Waals surface area contributed by atoms with Crippen LogP contribution in [0.25, 0.3) is 0 Å². The van der Waals surface area contributed by atoms with Gasteiger partial charge < -0.3 is 24.1 Å². The minimum atomic E-state index is -1.42. The summed E-state index contributed by atoms with van der Waals surface area (Å²) in [5.41, 5.74) is -3.05. The Hall–Kier alpha value is -3.26. The second kappa shape index (κ2) is 12.0. The number of hydrogen-bond donors (Lipinski definition) is 1. The number of fused-ring (bicyclic) bond motifs is 7. The number of hydrogen-bond acceptors (Lipinski definition) is 10. The van der Waals surface area contributed by atoms with Crippen molar-refractivity contribution in [3.05, 3.63) is 31.5 Å². The fourth-order valence-electron chi connectivity index (χ4n) is 7.95. The maximum absolute atomic E-state index is 13.1. The number of aromatic nitrogens is 3. The molecule has 2 aliphatic heterocycles. The predicted octanol–water partition coefficient (Wildman–Crippen LogP) is 0.140. The molecule has 0 spiro atoms. The molecule has 14 heteroatoms. The van der Waals surface area contributed by atoms with Gasteiger partial charge in [0.05, 0.1) is 37.6 Å². The van der Waals surface area contributed by atoms with E-state index in [1.165, 1.54) is 0 Å². The largest absolute Gasteiger partial charge is 0.480 e. The first-order valence-electron chi connectivity index (χ1n) is 15.4. The summed E-state index contributed by atoms with van der Waals surface area (Å²) in [7, 11) is 0. The molecule has 1 aromatic rings. The van der Waals surface area contributed by atoms with Crippen LogP contribution >= 0.6 is 0 Å². The standard InChI is InChI=1S/C29H39N3O11/c1-15-20-11-19(42-15)9-18(20)14-41-24(36)5-3-7-31-27(37)30(28(38)32(29(31)39)12-22(33)34)6-2-4-23(35)40-13-17-8-16-10-21(17)26-25(16)43-26/h15-21,25-26H,2-14H2,1H3,(H,33,34). The molecule has 5 aliphatic rings. The number of carbonyl (C=O) groups excluding carboxylic acids is 2. The summed E-state index contributed by atoms with van der Waals surface area (Å²) >= 11 is 0. The van der Waals surface area contributed by atoms with E-state index in [0.717, 1.165) is 34.8 Å². The molecule has 43 heavy (non-hydrogen) atoms. The van der Waals surface area contributed by atoms with Crippen LogP contribution in [0.15, 0.2) is 14.4 Å². The van der Waals surface area contributed by atoms with Crippen LogP contribution in [0.3, 0.4) is 0 Å². The Balaban J connectivity index is 1.01. The third-order valence-corrected chi connectivity index (χ3v) is 10.1. The predicted molar refractivity (Wildman–Crippen MR) is 146 cm³/mol. The van der Waals surface area contributed by atoms with Crippen LogP contribution in [0.1, 0.15) is 58.3 Å². The van der Waals surface area contributed by atoms with Gasteiger partial charge in [-0.3, -0.25) is 14.4 Å². The number of carboxylic acids is 1. The van der Waals surface area contributed by atoms with E-state index in [-0.39, 0.29) is 56.9 Å². The maximum atomic E-state index is 13.1. The highest BCUT2D eigenvalue weighted by atomic mass is 16.6. The topological polar surface area (TPSA) is 178 Å². The van der Waals surface area contributed by atoms with E-state index < -0.39 is 41.5 Å². The fourth-order valence-corrected chi connectivity index (χ4v) is 7.95. The molecule has 3 aliphatic carbocycles. The van der Waals surface area contributed by atoms with E-state index in [0.29, 0.717) is 53.7 Å². The van der Waals surface area contributed by atoms with Crippen molar-refractivity contribution in [2.24, 2.45) is 29.6 Å². The van der Waals surface area contributed by atoms with Gasteiger partial charge in [-0.1, -0.05) is 0 Å². The number of carbonyl (C=O) groups is 3. The fraction of sp³-hybridized carbons (Fsp3) is 0.793. The number of ether oxygens (including phenoxy) is 4. The van der Waals surface area contributed by atoms with Gasteiger partial charge in [0.2, 0.25) is 0 Å². The summed E-state index contributed by atoms with van der Waals surface area (Å²) in [6.45, 7) is 1.30. The minimum Gasteiger partial charge on any atom is -0.480 e. The number of rotatable bonds is 14. The average Bonchev–Trinajstić information content (AvgIpc) is 3.21. The first-order valence-corrected chi connectivity index (χ1v) is 15.4. The average molecular weight is 606 g/mol. The molecule has 1 N–H and O–H groups in total. The van der Waals surface area contributed by atoms with Crippen molar-refractivity contribution in [1.29, 1.82) is 0 Å². The van der Waals surface area contributed by atoms with Crippen LogP contribution < -0.4 is 17.1 Å². The van der Waals surface area contributed by atoms with Crippen molar-refractivity contribution in [1.82, 2.24) is 13.7 Å². The quantitative estimate of drug-likeness (QED) is 0.225. The number of esters is 2. The van der Waals surface area contributed by atoms with Crippen molar-refractivity contribution in [2.75, 3.05) is 13.2 Å². The SMILES string of the molecule is CC1OC2CC(COC(=O)CCCn3c(=O)n(CCCC(=O)OCC4CC5CC4C4OC54)c(=O)n(CC(=O)O)c3=O)C1C2. The van der Waals surface area contributed by atoms with Crippen molar-refractivity contribution in [2.45, 2.75) is 102 Å². The van der Waals surface area contributed by atoms with E-state index in [1.807, 2.05) is 6.92 Å². The molecule has 9 atom stereocenters. The molecule has 2 saturated heterocycles. The molecule has 0 aromatic carbocycles. The van der Waals surface area contributed by atoms with Crippen LogP contribution in [-0.2, 0) is 53.0 Å². The molecule has 9 unspecified atom stereocenters. The second-order valence-corrected chi connectivity index (χ2v) is 12.8. The molecule has 3 heterocycles. The highest BCUT2D eigenvalue weighted by Crippen LogP contribution is 2.58. The van der Waals surface area contributed by atoms with E-state index in [1.54, 1.807) is 0 Å². The molecular weight excluding hydrogens is 566 g/mol. The Bertz CT molecular complexity index is 1380. The van der Waals surface area contributed by atoms with Crippen molar-refractivity contribution in [3.63, 3.8) is 0 Å². The summed E-state index contributed by atoms with van der Waals surface area (Å²) in [6.07, 6.45) is 5.09. The van der Waals surface area contributed by atoms with Crippen LogP contribution in [0.5, 0.6) is 0 Å². The number of carboxylic acid groups (broad SMARTS) is 1. The zero-order valence-corrected chi connectivity index (χ0v) is 24.3. The molecule has 0 radical (unpaired) electrons. The molecule has 4 bridgehead atoms. The molecule has 236 valence electrons. The Morgan fingerprint density at radius 1 is 0.767 bits per heavy atom. The first kappa shape index (κ1) is 29.8. The highest BCUT2D eigenvalue weighted by molar-refractivity contribution is 5.69. The molecule has 0 amide bonds. The monoisotopic (exact) mass is 605 g/mol. The lowest BCUT2D eigenvalue weighted by Gasteiger charge is -2.26. The summed E-state index contributed by atoms with van der Waals surface area (Å²) in [5, 5.41) is 9.24. The summed E-state index contributed by atoms with van der Waals surface area (Å²) in [5.74, 6) is -0.416. The minimum absolute atomic E-state index is 0.0490. The normalized spacial score (nSPS) is 33.0. The van der Waals surface area contributed by atoms with Gasteiger partial charge in [-0.25, -0.2) is 28.1 Å². The zero-order valence-electron chi connectivity index (χ0n) is 24.3. The molecule has 6 rings (SSSR count). The van der Waals surface area contributed by atoms with Gasteiger partial charge in [0.25, 0.3) is 0 Å². The van der Waals surface area contributed by atoms with Gasteiger partial charge in [0.1, 0.15) is 6.54 Å². The van der Waals surface area contributed by atoms with E-state index >= 15 is 0 Å². The lowest BCUT2D eigenvalue weighted by atomic mass is 9.89. The number of nitrogens with zero attached hydrogens (tertiary/aromatic N) is 3. The number of aliphatic carboxylic acids is 1. The lowest BCUT2D eigenvalue weighted by Crippen LogP contribution is -2.55. The van der Waals surface area contributed by atoms with Gasteiger partial charge in [0, 0.05) is 31.8 Å². The van der Waals surface area contributed by atoms with E-state index in [9.17, 15) is 33.9 Å². The maximum Gasteiger partial charge on any atom is 0.336 e. The van der Waals surface area contributed by atoms with Gasteiger partial charge in [-0.05, 0) is 69.1 Å². The third kappa shape index (κ3) is 6.08. The Morgan fingerprint density at radius 2 is 1.35 bits per heavy atom. The first-order chi connectivity index (χ1) is 20.6. The van der Waals surface area contributed by atoms with E-state index in [2.05, 4.69) is 0 Å². The molecule has 5 fully saturated rings.